The molecule has 0 aromatic carbocycles. The molecule has 3 rings (SSSR count). The first-order valence-electron chi connectivity index (χ1n) is 6.23. The lowest BCUT2D eigenvalue weighted by molar-refractivity contribution is -0.0221. The van der Waals surface area contributed by atoms with Gasteiger partial charge in [-0.25, -0.2) is 0 Å². The molecule has 2 saturated carbocycles. The Morgan fingerprint density at radius 1 is 1.21 bits per heavy atom. The molecule has 0 aromatic heterocycles. The fourth-order valence-corrected chi connectivity index (χ4v) is 3.54. The first kappa shape index (κ1) is 9.17. The second kappa shape index (κ2) is 3.21. The highest BCUT2D eigenvalue weighted by atomic mass is 15.2. The van der Waals surface area contributed by atoms with Crippen LogP contribution in [0.1, 0.15) is 38.5 Å². The van der Waals surface area contributed by atoms with Gasteiger partial charge in [0.15, 0.2) is 0 Å². The fraction of sp³-hybridized carbons (Fsp3) is 1.00. The number of rotatable bonds is 2. The smallest absolute Gasteiger partial charge is 0.0209 e. The second-order valence-corrected chi connectivity index (χ2v) is 5.72. The van der Waals surface area contributed by atoms with Gasteiger partial charge in [-0.3, -0.25) is 0 Å². The van der Waals surface area contributed by atoms with Crippen LogP contribution in [0, 0.1) is 5.41 Å². The molecule has 2 heteroatoms. The fourth-order valence-electron chi connectivity index (χ4n) is 3.54. The van der Waals surface area contributed by atoms with Crippen molar-refractivity contribution in [1.82, 2.24) is 10.2 Å². The minimum Gasteiger partial charge on any atom is -0.309 e. The monoisotopic (exact) mass is 194 g/mol. The molecular weight excluding hydrogens is 172 g/mol. The van der Waals surface area contributed by atoms with Crippen molar-refractivity contribution in [2.45, 2.75) is 50.6 Å². The summed E-state index contributed by atoms with van der Waals surface area (Å²) in [5.74, 6) is 0. The molecule has 0 amide bonds. The molecule has 2 unspecified atom stereocenters. The van der Waals surface area contributed by atoms with Crippen LogP contribution in [-0.2, 0) is 0 Å². The Morgan fingerprint density at radius 2 is 2.07 bits per heavy atom. The molecule has 1 N–H and O–H groups in total. The van der Waals surface area contributed by atoms with E-state index in [-0.39, 0.29) is 0 Å². The molecule has 1 saturated heterocycles. The molecule has 0 bridgehead atoms. The quantitative estimate of drug-likeness (QED) is 0.718. The summed E-state index contributed by atoms with van der Waals surface area (Å²) in [7, 11) is 2.24. The van der Waals surface area contributed by atoms with Gasteiger partial charge in [0.2, 0.25) is 0 Å². The van der Waals surface area contributed by atoms with Crippen LogP contribution in [0.3, 0.4) is 0 Å². The van der Waals surface area contributed by atoms with Crippen molar-refractivity contribution in [2.75, 3.05) is 20.1 Å². The third-order valence-corrected chi connectivity index (χ3v) is 4.85. The van der Waals surface area contributed by atoms with Gasteiger partial charge in [-0.1, -0.05) is 6.42 Å². The van der Waals surface area contributed by atoms with Crippen LogP contribution in [0.2, 0.25) is 0 Å². The largest absolute Gasteiger partial charge is 0.309 e. The molecule has 1 aliphatic heterocycles. The van der Waals surface area contributed by atoms with Crippen molar-refractivity contribution in [3.63, 3.8) is 0 Å². The van der Waals surface area contributed by atoms with E-state index in [0.29, 0.717) is 0 Å². The van der Waals surface area contributed by atoms with Crippen LogP contribution < -0.4 is 5.32 Å². The zero-order valence-electron chi connectivity index (χ0n) is 9.26. The van der Waals surface area contributed by atoms with E-state index >= 15 is 0 Å². The first-order valence-corrected chi connectivity index (χ1v) is 6.23. The maximum Gasteiger partial charge on any atom is 0.0209 e. The number of nitrogens with zero attached hydrogens (tertiary/aromatic N) is 1. The van der Waals surface area contributed by atoms with E-state index in [1.54, 1.807) is 0 Å². The highest BCUT2D eigenvalue weighted by Crippen LogP contribution is 2.55. The van der Waals surface area contributed by atoms with Crippen LogP contribution in [0.4, 0.5) is 0 Å². The SMILES string of the molecule is CN1CCC(NC2CCC23CCC3)C1. The Labute approximate surface area is 87.0 Å². The average Bonchev–Trinajstić information content (AvgIpc) is 2.42. The zero-order chi connectivity index (χ0) is 9.60. The molecule has 2 aliphatic carbocycles. The summed E-state index contributed by atoms with van der Waals surface area (Å²) in [6.45, 7) is 2.56. The summed E-state index contributed by atoms with van der Waals surface area (Å²) in [5, 5.41) is 3.90. The molecule has 1 heterocycles. The molecule has 0 aromatic rings. The third-order valence-electron chi connectivity index (χ3n) is 4.85. The van der Waals surface area contributed by atoms with E-state index in [0.717, 1.165) is 17.5 Å². The predicted molar refractivity (Wildman–Crippen MR) is 58.3 cm³/mol. The van der Waals surface area contributed by atoms with Crippen molar-refractivity contribution in [3.8, 4) is 0 Å². The number of nitrogens with one attached hydrogen (secondary N) is 1. The van der Waals surface area contributed by atoms with E-state index in [2.05, 4.69) is 17.3 Å². The highest BCUT2D eigenvalue weighted by molar-refractivity contribution is 5.06. The number of likely N-dealkylation sites (tertiary alicyclic amines) is 1. The maximum absolute atomic E-state index is 3.90. The topological polar surface area (TPSA) is 15.3 Å². The van der Waals surface area contributed by atoms with Gasteiger partial charge in [-0.15, -0.1) is 0 Å². The Balaban J connectivity index is 1.53. The van der Waals surface area contributed by atoms with E-state index in [9.17, 15) is 0 Å². The Bertz CT molecular complexity index is 217. The van der Waals surface area contributed by atoms with Crippen molar-refractivity contribution in [3.05, 3.63) is 0 Å². The average molecular weight is 194 g/mol. The Kier molecular flexibility index (Phi) is 2.10. The van der Waals surface area contributed by atoms with Crippen molar-refractivity contribution in [1.29, 1.82) is 0 Å². The minimum atomic E-state index is 0.779. The summed E-state index contributed by atoms with van der Waals surface area (Å²) in [6.07, 6.45) is 8.82. The normalized spacial score (nSPS) is 40.9. The Hall–Kier alpha value is -0.0800. The number of hydrogen-bond acceptors (Lipinski definition) is 2. The number of hydrogen-bond donors (Lipinski definition) is 1. The predicted octanol–water partition coefficient (Wildman–Crippen LogP) is 1.61. The molecule has 1 spiro atoms. The van der Waals surface area contributed by atoms with Crippen LogP contribution in [0.5, 0.6) is 0 Å². The van der Waals surface area contributed by atoms with E-state index in [1.165, 1.54) is 51.6 Å². The first-order chi connectivity index (χ1) is 6.78. The summed E-state index contributed by atoms with van der Waals surface area (Å²) in [4.78, 5) is 2.45. The van der Waals surface area contributed by atoms with Crippen LogP contribution >= 0.6 is 0 Å². The van der Waals surface area contributed by atoms with Gasteiger partial charge < -0.3 is 10.2 Å². The van der Waals surface area contributed by atoms with E-state index < -0.39 is 0 Å². The van der Waals surface area contributed by atoms with Gasteiger partial charge in [-0.05, 0) is 51.1 Å². The maximum atomic E-state index is 3.90. The van der Waals surface area contributed by atoms with Crippen molar-refractivity contribution < 1.29 is 0 Å². The van der Waals surface area contributed by atoms with Gasteiger partial charge in [0.1, 0.15) is 0 Å². The van der Waals surface area contributed by atoms with Gasteiger partial charge in [0.05, 0.1) is 0 Å². The lowest BCUT2D eigenvalue weighted by Gasteiger charge is -2.57. The van der Waals surface area contributed by atoms with E-state index in [4.69, 9.17) is 0 Å². The van der Waals surface area contributed by atoms with Crippen LogP contribution in [0.15, 0.2) is 0 Å². The molecule has 80 valence electrons. The zero-order valence-corrected chi connectivity index (χ0v) is 9.26. The van der Waals surface area contributed by atoms with Gasteiger partial charge in [-0.2, -0.15) is 0 Å². The van der Waals surface area contributed by atoms with E-state index in [1.807, 2.05) is 0 Å². The molecule has 3 fully saturated rings. The van der Waals surface area contributed by atoms with Crippen molar-refractivity contribution in [2.24, 2.45) is 5.41 Å². The van der Waals surface area contributed by atoms with Gasteiger partial charge in [0.25, 0.3) is 0 Å². The number of likely N-dealkylation sites (N-methyl/N-ethyl adjacent to an activating group) is 1. The second-order valence-electron chi connectivity index (χ2n) is 5.72. The van der Waals surface area contributed by atoms with Crippen LogP contribution in [-0.4, -0.2) is 37.1 Å². The Morgan fingerprint density at radius 3 is 2.50 bits per heavy atom. The summed E-state index contributed by atoms with van der Waals surface area (Å²) >= 11 is 0. The molecular formula is C12H22N2. The van der Waals surface area contributed by atoms with Crippen LogP contribution in [0.25, 0.3) is 0 Å². The molecule has 14 heavy (non-hydrogen) atoms. The summed E-state index contributed by atoms with van der Waals surface area (Å²) in [6, 6.07) is 1.68. The lowest BCUT2D eigenvalue weighted by atomic mass is 9.53. The standard InChI is InChI=1S/C12H22N2/c1-14-8-4-10(9-14)13-11-3-7-12(11)5-2-6-12/h10-11,13H,2-9H2,1H3. The highest BCUT2D eigenvalue weighted by Gasteiger charge is 2.50. The lowest BCUT2D eigenvalue weighted by Crippen LogP contribution is -2.59. The molecule has 2 atom stereocenters. The van der Waals surface area contributed by atoms with Gasteiger partial charge >= 0.3 is 0 Å². The molecule has 2 nitrogen and oxygen atoms in total. The third kappa shape index (κ3) is 1.31. The van der Waals surface area contributed by atoms with Crippen molar-refractivity contribution >= 4 is 0 Å². The summed E-state index contributed by atoms with van der Waals surface area (Å²) in [5.41, 5.74) is 0.779. The molecule has 0 radical (unpaired) electrons. The summed E-state index contributed by atoms with van der Waals surface area (Å²) < 4.78 is 0. The minimum absolute atomic E-state index is 0.779. The van der Waals surface area contributed by atoms with Gasteiger partial charge in [0, 0.05) is 18.6 Å². The molecule has 3 aliphatic rings.